The lowest BCUT2D eigenvalue weighted by Gasteiger charge is -2.11. The summed E-state index contributed by atoms with van der Waals surface area (Å²) in [7, 11) is 0. The second-order valence-corrected chi connectivity index (χ2v) is 8.48. The first-order valence-corrected chi connectivity index (χ1v) is 10.4. The fourth-order valence-electron chi connectivity index (χ4n) is 1.95. The molecule has 0 aromatic heterocycles. The van der Waals surface area contributed by atoms with Crippen LogP contribution < -0.4 is 0 Å². The summed E-state index contributed by atoms with van der Waals surface area (Å²) in [6.45, 7) is 11.2. The molecule has 1 unspecified atom stereocenters. The second kappa shape index (κ2) is 15.1. The third-order valence-corrected chi connectivity index (χ3v) is 5.59. The molecule has 0 N–H and O–H groups in total. The molecular weight excluding hydrogens is 268 g/mol. The smallest absolute Gasteiger partial charge is 0.00552 e. The van der Waals surface area contributed by atoms with Gasteiger partial charge in [0.05, 0.1) is 0 Å². The van der Waals surface area contributed by atoms with Gasteiger partial charge in [-0.15, -0.1) is 0 Å². The van der Waals surface area contributed by atoms with E-state index in [1.807, 2.05) is 0 Å². The maximum absolute atomic E-state index is 4.27. The molecule has 19 heavy (non-hydrogen) atoms. The van der Waals surface area contributed by atoms with Crippen LogP contribution in [0.3, 0.4) is 0 Å². The van der Waals surface area contributed by atoms with E-state index in [1.165, 1.54) is 68.6 Å². The largest absolute Gasteiger partial charge is 0.162 e. The van der Waals surface area contributed by atoms with Crippen molar-refractivity contribution in [1.29, 1.82) is 0 Å². The Hall–Kier alpha value is 0.700. The first kappa shape index (κ1) is 19.7. The molecule has 0 heterocycles. The van der Waals surface area contributed by atoms with Crippen LogP contribution in [-0.2, 0) is 0 Å². The van der Waals surface area contributed by atoms with Crippen LogP contribution in [0.1, 0.15) is 72.1 Å². The molecule has 0 saturated heterocycles. The fourth-order valence-corrected chi connectivity index (χ4v) is 4.11. The van der Waals surface area contributed by atoms with E-state index in [4.69, 9.17) is 0 Å². The second-order valence-electron chi connectivity index (χ2n) is 5.84. The number of thioether (sulfide) groups is 2. The van der Waals surface area contributed by atoms with Gasteiger partial charge in [-0.1, -0.05) is 52.9 Å². The highest BCUT2D eigenvalue weighted by Gasteiger charge is 2.02. The molecule has 0 aliphatic heterocycles. The van der Waals surface area contributed by atoms with Gasteiger partial charge in [0, 0.05) is 5.25 Å². The van der Waals surface area contributed by atoms with Crippen molar-refractivity contribution >= 4 is 23.5 Å². The monoisotopic (exact) mass is 303 g/mol. The first-order chi connectivity index (χ1) is 9.16. The van der Waals surface area contributed by atoms with Crippen LogP contribution in [0.25, 0.3) is 0 Å². The van der Waals surface area contributed by atoms with Gasteiger partial charge in [-0.3, -0.25) is 0 Å². The van der Waals surface area contributed by atoms with Gasteiger partial charge in [0.25, 0.3) is 0 Å². The van der Waals surface area contributed by atoms with E-state index in [0.717, 1.165) is 5.92 Å². The SMILES string of the molecule is [CH2]C(CCSCCCC(C)C)SCCCCCCC. The van der Waals surface area contributed by atoms with E-state index in [9.17, 15) is 0 Å². The molecule has 2 heteroatoms. The van der Waals surface area contributed by atoms with Crippen molar-refractivity contribution < 1.29 is 0 Å². The lowest BCUT2D eigenvalue weighted by atomic mass is 10.1. The molecule has 0 rings (SSSR count). The molecule has 1 atom stereocenters. The molecule has 0 aliphatic rings. The maximum atomic E-state index is 4.27. The van der Waals surface area contributed by atoms with E-state index in [2.05, 4.69) is 51.2 Å². The number of hydrogen-bond acceptors (Lipinski definition) is 2. The number of unbranched alkanes of at least 4 members (excludes halogenated alkanes) is 4. The van der Waals surface area contributed by atoms with Crippen molar-refractivity contribution in [3.8, 4) is 0 Å². The fraction of sp³-hybridized carbons (Fsp3) is 0.941. The first-order valence-electron chi connectivity index (χ1n) is 8.19. The van der Waals surface area contributed by atoms with Crippen molar-refractivity contribution in [1.82, 2.24) is 0 Å². The Morgan fingerprint density at radius 2 is 1.58 bits per heavy atom. The highest BCUT2D eigenvalue weighted by molar-refractivity contribution is 8.00. The Morgan fingerprint density at radius 3 is 2.26 bits per heavy atom. The Balaban J connectivity index is 3.14. The molecule has 0 bridgehead atoms. The van der Waals surface area contributed by atoms with Crippen LogP contribution in [0.5, 0.6) is 0 Å². The highest BCUT2D eigenvalue weighted by Crippen LogP contribution is 2.19. The van der Waals surface area contributed by atoms with Crippen molar-refractivity contribution in [3.05, 3.63) is 6.92 Å². The van der Waals surface area contributed by atoms with E-state index < -0.39 is 0 Å². The van der Waals surface area contributed by atoms with Crippen LogP contribution >= 0.6 is 23.5 Å². The molecule has 0 saturated carbocycles. The zero-order chi connectivity index (χ0) is 14.3. The van der Waals surface area contributed by atoms with Crippen LogP contribution in [0, 0.1) is 12.8 Å². The summed E-state index contributed by atoms with van der Waals surface area (Å²) in [6, 6.07) is 0. The quantitative estimate of drug-likeness (QED) is 0.338. The molecule has 115 valence electrons. The third kappa shape index (κ3) is 16.6. The lowest BCUT2D eigenvalue weighted by Crippen LogP contribution is -2.00. The predicted molar refractivity (Wildman–Crippen MR) is 96.4 cm³/mol. The van der Waals surface area contributed by atoms with E-state index >= 15 is 0 Å². The van der Waals surface area contributed by atoms with Gasteiger partial charge in [-0.2, -0.15) is 23.5 Å². The van der Waals surface area contributed by atoms with Crippen molar-refractivity contribution in [2.45, 2.75) is 77.4 Å². The molecule has 0 spiro atoms. The summed E-state index contributed by atoms with van der Waals surface area (Å²) < 4.78 is 0. The van der Waals surface area contributed by atoms with E-state index in [-0.39, 0.29) is 0 Å². The maximum Gasteiger partial charge on any atom is 0.00552 e. The van der Waals surface area contributed by atoms with Gasteiger partial charge in [0.1, 0.15) is 0 Å². The lowest BCUT2D eigenvalue weighted by molar-refractivity contribution is 0.579. The molecule has 0 aromatic carbocycles. The minimum atomic E-state index is 0.615. The summed E-state index contributed by atoms with van der Waals surface area (Å²) in [5, 5.41) is 0.615. The van der Waals surface area contributed by atoms with Gasteiger partial charge in [0.2, 0.25) is 0 Å². The number of hydrogen-bond donors (Lipinski definition) is 0. The zero-order valence-electron chi connectivity index (χ0n) is 13.5. The van der Waals surface area contributed by atoms with E-state index in [0.29, 0.717) is 5.25 Å². The molecule has 0 aliphatic carbocycles. The third-order valence-electron chi connectivity index (χ3n) is 3.26. The topological polar surface area (TPSA) is 0 Å². The van der Waals surface area contributed by atoms with Crippen molar-refractivity contribution in [2.24, 2.45) is 5.92 Å². The summed E-state index contributed by atoms with van der Waals surface area (Å²) >= 11 is 4.20. The Kier molecular flexibility index (Phi) is 15.7. The molecule has 1 radical (unpaired) electrons. The van der Waals surface area contributed by atoms with Gasteiger partial charge in [-0.25, -0.2) is 0 Å². The highest BCUT2D eigenvalue weighted by atomic mass is 32.2. The van der Waals surface area contributed by atoms with Crippen LogP contribution in [0.2, 0.25) is 0 Å². The Bertz CT molecular complexity index is 169. The Labute approximate surface area is 131 Å². The average Bonchev–Trinajstić information content (AvgIpc) is 2.37. The minimum absolute atomic E-state index is 0.615. The van der Waals surface area contributed by atoms with E-state index in [1.54, 1.807) is 0 Å². The van der Waals surface area contributed by atoms with Crippen molar-refractivity contribution in [3.63, 3.8) is 0 Å². The van der Waals surface area contributed by atoms with Crippen LogP contribution in [0.4, 0.5) is 0 Å². The van der Waals surface area contributed by atoms with Gasteiger partial charge < -0.3 is 0 Å². The summed E-state index contributed by atoms with van der Waals surface area (Å²) in [4.78, 5) is 0. The predicted octanol–water partition coefficient (Wildman–Crippen LogP) is 6.45. The normalized spacial score (nSPS) is 13.1. The van der Waals surface area contributed by atoms with Gasteiger partial charge in [0.15, 0.2) is 0 Å². The van der Waals surface area contributed by atoms with Crippen molar-refractivity contribution in [2.75, 3.05) is 17.3 Å². The van der Waals surface area contributed by atoms with Gasteiger partial charge in [-0.05, 0) is 49.4 Å². The van der Waals surface area contributed by atoms with Gasteiger partial charge >= 0.3 is 0 Å². The molecule has 0 nitrogen and oxygen atoms in total. The Morgan fingerprint density at radius 1 is 0.842 bits per heavy atom. The minimum Gasteiger partial charge on any atom is -0.162 e. The summed E-state index contributed by atoms with van der Waals surface area (Å²) in [5.74, 6) is 4.82. The van der Waals surface area contributed by atoms with Crippen LogP contribution in [0.15, 0.2) is 0 Å². The zero-order valence-corrected chi connectivity index (χ0v) is 15.1. The molecular formula is C17H35S2. The number of rotatable bonds is 14. The molecule has 0 aromatic rings. The molecule has 0 amide bonds. The molecule has 0 fully saturated rings. The average molecular weight is 304 g/mol. The summed E-state index contributed by atoms with van der Waals surface area (Å²) in [5.41, 5.74) is 0. The standard InChI is InChI=1S/C17H35S2/c1-5-6-7-8-9-14-19-17(4)12-15-18-13-10-11-16(2)3/h16-17H,4-15H2,1-3H3. The van der Waals surface area contributed by atoms with Crippen LogP contribution in [-0.4, -0.2) is 22.5 Å². The summed E-state index contributed by atoms with van der Waals surface area (Å²) in [6.07, 6.45) is 11.0.